The van der Waals surface area contributed by atoms with Gasteiger partial charge in [-0.25, -0.2) is 0 Å². The Labute approximate surface area is 283 Å². The van der Waals surface area contributed by atoms with Gasteiger partial charge < -0.3 is 10.6 Å². The molecule has 2 heteroatoms. The van der Waals surface area contributed by atoms with Gasteiger partial charge in [0.25, 0.3) is 0 Å². The van der Waals surface area contributed by atoms with Crippen molar-refractivity contribution in [1.82, 2.24) is 0 Å². The Morgan fingerprint density at radius 3 is 1.81 bits per heavy atom. The van der Waals surface area contributed by atoms with Crippen molar-refractivity contribution in [3.63, 3.8) is 0 Å². The molecular formula is C45H50N2. The van der Waals surface area contributed by atoms with Crippen molar-refractivity contribution in [3.05, 3.63) is 180 Å². The van der Waals surface area contributed by atoms with E-state index >= 15 is 0 Å². The van der Waals surface area contributed by atoms with Gasteiger partial charge in [-0.2, -0.15) is 0 Å². The summed E-state index contributed by atoms with van der Waals surface area (Å²) in [5.41, 5.74) is 20.2. The predicted molar refractivity (Wildman–Crippen MR) is 211 cm³/mol. The second-order valence-corrected chi connectivity index (χ2v) is 11.5. The van der Waals surface area contributed by atoms with E-state index in [1.807, 2.05) is 44.2 Å². The number of hydrogen-bond acceptors (Lipinski definition) is 2. The second-order valence-electron chi connectivity index (χ2n) is 11.5. The first-order chi connectivity index (χ1) is 22.7. The summed E-state index contributed by atoms with van der Waals surface area (Å²) >= 11 is 0. The van der Waals surface area contributed by atoms with Crippen LogP contribution in [0.3, 0.4) is 0 Å². The molecule has 2 nitrogen and oxygen atoms in total. The fraction of sp³-hybridized carbons (Fsp3) is 0.156. The molecule has 5 aromatic carbocycles. The molecule has 47 heavy (non-hydrogen) atoms. The highest BCUT2D eigenvalue weighted by molar-refractivity contribution is 5.74. The summed E-state index contributed by atoms with van der Waals surface area (Å²) in [6.07, 6.45) is 12.4. The Morgan fingerprint density at radius 2 is 1.23 bits per heavy atom. The van der Waals surface area contributed by atoms with E-state index in [0.717, 1.165) is 17.1 Å². The molecule has 0 aliphatic carbocycles. The molecular weight excluding hydrogens is 569 g/mol. The highest BCUT2D eigenvalue weighted by Crippen LogP contribution is 2.28. The molecule has 0 fully saturated rings. The maximum absolute atomic E-state index is 5.86. The number of aryl methyl sites for hydroxylation is 3. The molecule has 0 saturated carbocycles. The van der Waals surface area contributed by atoms with Gasteiger partial charge in [0.1, 0.15) is 0 Å². The van der Waals surface area contributed by atoms with Crippen LogP contribution in [0.4, 0.5) is 17.1 Å². The van der Waals surface area contributed by atoms with Gasteiger partial charge in [-0.3, -0.25) is 0 Å². The molecule has 0 amide bonds. The third-order valence-corrected chi connectivity index (χ3v) is 7.71. The quantitative estimate of drug-likeness (QED) is 0.145. The molecule has 0 aromatic heterocycles. The number of anilines is 3. The molecule has 0 saturated heterocycles. The lowest BCUT2D eigenvalue weighted by molar-refractivity contribution is 1.21. The fourth-order valence-corrected chi connectivity index (χ4v) is 5.07. The molecule has 0 bridgehead atoms. The molecule has 2 N–H and O–H groups in total. The number of nitrogens with two attached hydrogens (primary N) is 1. The summed E-state index contributed by atoms with van der Waals surface area (Å²) in [6.45, 7) is 16.2. The van der Waals surface area contributed by atoms with E-state index in [1.165, 1.54) is 50.1 Å². The number of allylic oxidation sites excluding steroid dienone is 5. The Kier molecular flexibility index (Phi) is 14.3. The molecule has 0 aliphatic heterocycles. The first-order valence-corrected chi connectivity index (χ1v) is 16.2. The van der Waals surface area contributed by atoms with E-state index in [4.69, 9.17) is 5.73 Å². The number of nitrogen functional groups attached to an aromatic ring is 1. The summed E-state index contributed by atoms with van der Waals surface area (Å²) < 4.78 is 0. The molecule has 5 aromatic rings. The van der Waals surface area contributed by atoms with E-state index in [1.54, 1.807) is 0 Å². The Hall–Kier alpha value is -5.34. The normalized spacial score (nSPS) is 11.0. The molecule has 0 spiro atoms. The van der Waals surface area contributed by atoms with Gasteiger partial charge in [0.15, 0.2) is 0 Å². The monoisotopic (exact) mass is 618 g/mol. The highest BCUT2D eigenvalue weighted by Gasteiger charge is 2.05. The van der Waals surface area contributed by atoms with Crippen LogP contribution in [0, 0.1) is 20.8 Å². The molecule has 0 aliphatic rings. The zero-order valence-corrected chi connectivity index (χ0v) is 29.2. The van der Waals surface area contributed by atoms with Gasteiger partial charge in [-0.1, -0.05) is 145 Å². The first kappa shape index (κ1) is 36.1. The second kappa shape index (κ2) is 18.6. The van der Waals surface area contributed by atoms with Crippen LogP contribution in [-0.4, -0.2) is 7.05 Å². The van der Waals surface area contributed by atoms with Crippen LogP contribution >= 0.6 is 0 Å². The van der Waals surface area contributed by atoms with Crippen molar-refractivity contribution in [2.24, 2.45) is 0 Å². The lowest BCUT2D eigenvalue weighted by Gasteiger charge is -2.20. The van der Waals surface area contributed by atoms with E-state index < -0.39 is 0 Å². The minimum absolute atomic E-state index is 0.778. The van der Waals surface area contributed by atoms with Gasteiger partial charge in [0, 0.05) is 24.1 Å². The standard InChI is InChI=1S/C20H20N2.C13H16.C12H14/c1-15-6-8-16(9-7-15)17-10-12-19(13-11-17)22(2)20-5-3-4-18(21)14-20;1-4-7-12(5-2)13-9-6-8-11(3)10-13;1-4-6-12-9-10(3)7-8-11(12)5-2/h3-14H,21H2,1-2H3;4-10H,1-3H3;4-9H,2H2,1,3H3/b;7-4-,12-5+;6-4-. The number of benzene rings is 5. The molecule has 240 valence electrons. The minimum Gasteiger partial charge on any atom is -0.399 e. The van der Waals surface area contributed by atoms with Crippen molar-refractivity contribution in [2.75, 3.05) is 17.7 Å². The van der Waals surface area contributed by atoms with Crippen molar-refractivity contribution in [1.29, 1.82) is 0 Å². The Bertz CT molecular complexity index is 1800. The predicted octanol–water partition coefficient (Wildman–Crippen LogP) is 12.7. The number of rotatable bonds is 7. The van der Waals surface area contributed by atoms with Crippen LogP contribution in [0.5, 0.6) is 0 Å². The van der Waals surface area contributed by atoms with Crippen molar-refractivity contribution in [3.8, 4) is 11.1 Å². The van der Waals surface area contributed by atoms with Crippen molar-refractivity contribution >= 4 is 34.8 Å². The fourth-order valence-electron chi connectivity index (χ4n) is 5.07. The summed E-state index contributed by atoms with van der Waals surface area (Å²) in [4.78, 5) is 2.13. The van der Waals surface area contributed by atoms with E-state index in [-0.39, 0.29) is 0 Å². The number of hydrogen-bond donors (Lipinski definition) is 1. The van der Waals surface area contributed by atoms with Crippen LogP contribution in [0.1, 0.15) is 54.2 Å². The third-order valence-electron chi connectivity index (χ3n) is 7.71. The van der Waals surface area contributed by atoms with Crippen molar-refractivity contribution < 1.29 is 0 Å². The van der Waals surface area contributed by atoms with E-state index in [2.05, 4.69) is 168 Å². The third kappa shape index (κ3) is 11.2. The summed E-state index contributed by atoms with van der Waals surface area (Å²) in [7, 11) is 2.05. The van der Waals surface area contributed by atoms with Crippen LogP contribution in [-0.2, 0) is 0 Å². The largest absolute Gasteiger partial charge is 0.399 e. The van der Waals surface area contributed by atoms with Gasteiger partial charge in [-0.15, -0.1) is 0 Å². The van der Waals surface area contributed by atoms with Crippen LogP contribution in [0.2, 0.25) is 0 Å². The lowest BCUT2D eigenvalue weighted by Crippen LogP contribution is -2.09. The highest BCUT2D eigenvalue weighted by atomic mass is 15.1. The van der Waals surface area contributed by atoms with Crippen LogP contribution in [0.25, 0.3) is 28.9 Å². The number of nitrogens with zero attached hydrogens (tertiary/aromatic N) is 1. The van der Waals surface area contributed by atoms with Gasteiger partial charge in [0.2, 0.25) is 0 Å². The van der Waals surface area contributed by atoms with Crippen LogP contribution in [0.15, 0.2) is 146 Å². The first-order valence-electron chi connectivity index (χ1n) is 16.2. The molecule has 0 heterocycles. The minimum atomic E-state index is 0.778. The smallest absolute Gasteiger partial charge is 0.0428 e. The maximum Gasteiger partial charge on any atom is 0.0428 e. The zero-order valence-electron chi connectivity index (χ0n) is 29.2. The average molecular weight is 619 g/mol. The zero-order chi connectivity index (χ0) is 34.2. The SMILES string of the molecule is C/C=C\C(=C/C)c1cccc(C)c1.C=Cc1ccc(C)cc1/C=C\C.Cc1ccc(-c2ccc(N(C)c3cccc(N)c3)cc2)cc1. The van der Waals surface area contributed by atoms with Gasteiger partial charge in [0.05, 0.1) is 0 Å². The summed E-state index contributed by atoms with van der Waals surface area (Å²) in [5, 5.41) is 0. The summed E-state index contributed by atoms with van der Waals surface area (Å²) in [6, 6.07) is 40.0. The average Bonchev–Trinajstić information content (AvgIpc) is 3.08. The molecule has 0 unspecified atom stereocenters. The van der Waals surface area contributed by atoms with Gasteiger partial charge >= 0.3 is 0 Å². The topological polar surface area (TPSA) is 29.3 Å². The molecule has 5 rings (SSSR count). The Morgan fingerprint density at radius 1 is 0.617 bits per heavy atom. The molecule has 0 atom stereocenters. The maximum atomic E-state index is 5.86. The summed E-state index contributed by atoms with van der Waals surface area (Å²) in [5.74, 6) is 0. The molecule has 0 radical (unpaired) electrons. The lowest BCUT2D eigenvalue weighted by atomic mass is 10.0. The van der Waals surface area contributed by atoms with E-state index in [0.29, 0.717) is 0 Å². The van der Waals surface area contributed by atoms with Gasteiger partial charge in [-0.05, 0) is 105 Å². The Balaban J connectivity index is 0.000000206. The van der Waals surface area contributed by atoms with Crippen molar-refractivity contribution in [2.45, 2.75) is 41.5 Å². The van der Waals surface area contributed by atoms with Crippen LogP contribution < -0.4 is 10.6 Å². The van der Waals surface area contributed by atoms with E-state index in [9.17, 15) is 0 Å².